The molecule has 0 spiro atoms. The number of rotatable bonds is 6. The minimum Gasteiger partial charge on any atom is -0.478 e. The SMILES string of the molecule is CN(CCO)c1ccc(N=Nc2ccc(C(=O)O)cc2)cc1. The molecular weight excluding hydrogens is 282 g/mol. The maximum absolute atomic E-state index is 10.8. The summed E-state index contributed by atoms with van der Waals surface area (Å²) in [5.41, 5.74) is 2.49. The highest BCUT2D eigenvalue weighted by molar-refractivity contribution is 5.87. The molecule has 2 aromatic rings. The van der Waals surface area contributed by atoms with Crippen molar-refractivity contribution in [2.24, 2.45) is 10.2 Å². The predicted molar refractivity (Wildman–Crippen MR) is 84.4 cm³/mol. The van der Waals surface area contributed by atoms with Gasteiger partial charge in [-0.05, 0) is 48.5 Å². The smallest absolute Gasteiger partial charge is 0.335 e. The summed E-state index contributed by atoms with van der Waals surface area (Å²) in [6.07, 6.45) is 0. The molecule has 0 aromatic heterocycles. The highest BCUT2D eigenvalue weighted by Crippen LogP contribution is 2.21. The van der Waals surface area contributed by atoms with Crippen molar-refractivity contribution in [1.29, 1.82) is 0 Å². The molecule has 6 nitrogen and oxygen atoms in total. The second-order valence-electron chi connectivity index (χ2n) is 4.71. The van der Waals surface area contributed by atoms with Crippen molar-refractivity contribution in [3.05, 3.63) is 54.1 Å². The van der Waals surface area contributed by atoms with E-state index in [4.69, 9.17) is 10.2 Å². The van der Waals surface area contributed by atoms with Gasteiger partial charge in [0.1, 0.15) is 0 Å². The van der Waals surface area contributed by atoms with E-state index >= 15 is 0 Å². The lowest BCUT2D eigenvalue weighted by Gasteiger charge is -2.17. The molecule has 2 aromatic carbocycles. The molecule has 2 N–H and O–H groups in total. The van der Waals surface area contributed by atoms with Crippen LogP contribution in [0.2, 0.25) is 0 Å². The van der Waals surface area contributed by atoms with Crippen molar-refractivity contribution in [2.75, 3.05) is 25.1 Å². The first-order chi connectivity index (χ1) is 10.6. The number of aliphatic hydroxyl groups is 1. The minimum absolute atomic E-state index is 0.101. The molecule has 6 heteroatoms. The standard InChI is InChI=1S/C16H17N3O3/c1-19(10-11-20)15-8-6-14(7-9-15)18-17-13-4-2-12(3-5-13)16(21)22/h2-9,20H,10-11H2,1H3,(H,21,22). The summed E-state index contributed by atoms with van der Waals surface area (Å²) in [6.45, 7) is 0.668. The van der Waals surface area contributed by atoms with E-state index in [2.05, 4.69) is 10.2 Å². The number of anilines is 1. The number of likely N-dealkylation sites (N-methyl/N-ethyl adjacent to an activating group) is 1. The van der Waals surface area contributed by atoms with E-state index in [0.717, 1.165) is 5.69 Å². The first-order valence-electron chi connectivity index (χ1n) is 6.77. The number of benzene rings is 2. The Balaban J connectivity index is 2.05. The largest absolute Gasteiger partial charge is 0.478 e. The molecular formula is C16H17N3O3. The minimum atomic E-state index is -0.967. The second kappa shape index (κ2) is 7.33. The number of carboxylic acids is 1. The molecule has 0 saturated carbocycles. The summed E-state index contributed by atoms with van der Waals surface area (Å²) >= 11 is 0. The molecule has 0 heterocycles. The maximum atomic E-state index is 10.8. The Morgan fingerprint density at radius 1 is 1.00 bits per heavy atom. The Kier molecular flexibility index (Phi) is 5.21. The van der Waals surface area contributed by atoms with Crippen molar-refractivity contribution < 1.29 is 15.0 Å². The number of carbonyl (C=O) groups is 1. The Morgan fingerprint density at radius 2 is 1.50 bits per heavy atom. The van der Waals surface area contributed by atoms with Gasteiger partial charge in [-0.3, -0.25) is 0 Å². The number of azo groups is 1. The van der Waals surface area contributed by atoms with Gasteiger partial charge in [0.2, 0.25) is 0 Å². The van der Waals surface area contributed by atoms with Gasteiger partial charge in [0.05, 0.1) is 23.5 Å². The third-order valence-electron chi connectivity index (χ3n) is 3.12. The van der Waals surface area contributed by atoms with Crippen molar-refractivity contribution in [3.8, 4) is 0 Å². The van der Waals surface area contributed by atoms with Crippen molar-refractivity contribution >= 4 is 23.0 Å². The molecule has 114 valence electrons. The fourth-order valence-corrected chi connectivity index (χ4v) is 1.84. The van der Waals surface area contributed by atoms with Crippen LogP contribution >= 0.6 is 0 Å². The Labute approximate surface area is 128 Å². The molecule has 0 aliphatic heterocycles. The Morgan fingerprint density at radius 3 is 1.95 bits per heavy atom. The van der Waals surface area contributed by atoms with E-state index in [9.17, 15) is 4.79 Å². The van der Waals surface area contributed by atoms with E-state index in [1.807, 2.05) is 36.2 Å². The van der Waals surface area contributed by atoms with E-state index in [1.165, 1.54) is 12.1 Å². The fourth-order valence-electron chi connectivity index (χ4n) is 1.84. The molecule has 0 aliphatic rings. The molecule has 0 bridgehead atoms. The molecule has 0 fully saturated rings. The second-order valence-corrected chi connectivity index (χ2v) is 4.71. The van der Waals surface area contributed by atoms with E-state index in [0.29, 0.717) is 17.9 Å². The molecule has 0 aliphatic carbocycles. The molecule has 0 atom stereocenters. The lowest BCUT2D eigenvalue weighted by molar-refractivity contribution is 0.0697. The predicted octanol–water partition coefficient (Wildman–Crippen LogP) is 3.23. The van der Waals surface area contributed by atoms with Gasteiger partial charge in [0.25, 0.3) is 0 Å². The third-order valence-corrected chi connectivity index (χ3v) is 3.12. The van der Waals surface area contributed by atoms with Crippen LogP contribution in [-0.4, -0.2) is 36.4 Å². The number of aliphatic hydroxyl groups excluding tert-OH is 1. The van der Waals surface area contributed by atoms with Crippen molar-refractivity contribution in [1.82, 2.24) is 0 Å². The number of hydrogen-bond donors (Lipinski definition) is 2. The van der Waals surface area contributed by atoms with E-state index in [-0.39, 0.29) is 12.2 Å². The Bertz CT molecular complexity index is 651. The summed E-state index contributed by atoms with van der Waals surface area (Å²) in [4.78, 5) is 12.7. The van der Waals surface area contributed by atoms with Gasteiger partial charge in [-0.2, -0.15) is 10.2 Å². The van der Waals surface area contributed by atoms with Crippen LogP contribution in [0.3, 0.4) is 0 Å². The van der Waals surface area contributed by atoms with Crippen LogP contribution in [0.5, 0.6) is 0 Å². The van der Waals surface area contributed by atoms with Crippen LogP contribution in [0.25, 0.3) is 0 Å². The monoisotopic (exact) mass is 299 g/mol. The van der Waals surface area contributed by atoms with Gasteiger partial charge in [-0.1, -0.05) is 0 Å². The highest BCUT2D eigenvalue weighted by Gasteiger charge is 2.01. The number of aromatic carboxylic acids is 1. The topological polar surface area (TPSA) is 85.5 Å². The van der Waals surface area contributed by atoms with Crippen LogP contribution in [0, 0.1) is 0 Å². The van der Waals surface area contributed by atoms with Crippen molar-refractivity contribution in [2.45, 2.75) is 0 Å². The summed E-state index contributed by atoms with van der Waals surface area (Å²) in [5.74, 6) is -0.967. The molecule has 2 rings (SSSR count). The van der Waals surface area contributed by atoms with Crippen LogP contribution < -0.4 is 4.90 Å². The average Bonchev–Trinajstić information content (AvgIpc) is 2.54. The summed E-state index contributed by atoms with van der Waals surface area (Å²) in [7, 11) is 1.90. The normalized spacial score (nSPS) is 10.8. The first-order valence-corrected chi connectivity index (χ1v) is 6.77. The lowest BCUT2D eigenvalue weighted by atomic mass is 10.2. The highest BCUT2D eigenvalue weighted by atomic mass is 16.4. The molecule has 0 radical (unpaired) electrons. The zero-order valence-electron chi connectivity index (χ0n) is 12.2. The van der Waals surface area contributed by atoms with Gasteiger partial charge >= 0.3 is 5.97 Å². The first kappa shape index (κ1) is 15.7. The van der Waals surface area contributed by atoms with Crippen LogP contribution in [0.4, 0.5) is 17.1 Å². The van der Waals surface area contributed by atoms with Crippen molar-refractivity contribution in [3.63, 3.8) is 0 Å². The zero-order chi connectivity index (χ0) is 15.9. The third kappa shape index (κ3) is 4.13. The maximum Gasteiger partial charge on any atom is 0.335 e. The number of hydrogen-bond acceptors (Lipinski definition) is 5. The lowest BCUT2D eigenvalue weighted by Crippen LogP contribution is -2.20. The summed E-state index contributed by atoms with van der Waals surface area (Å²) in [6, 6.07) is 13.7. The average molecular weight is 299 g/mol. The van der Waals surface area contributed by atoms with Gasteiger partial charge < -0.3 is 15.1 Å². The van der Waals surface area contributed by atoms with Gasteiger partial charge in [-0.15, -0.1) is 0 Å². The molecule has 0 saturated heterocycles. The van der Waals surface area contributed by atoms with Gasteiger partial charge in [0, 0.05) is 19.3 Å². The number of carboxylic acid groups (broad SMARTS) is 1. The quantitative estimate of drug-likeness (QED) is 0.802. The van der Waals surface area contributed by atoms with E-state index in [1.54, 1.807) is 12.1 Å². The van der Waals surface area contributed by atoms with Crippen LogP contribution in [0.1, 0.15) is 10.4 Å². The molecule has 0 unspecified atom stereocenters. The zero-order valence-corrected chi connectivity index (χ0v) is 12.2. The van der Waals surface area contributed by atoms with Gasteiger partial charge in [-0.25, -0.2) is 4.79 Å². The van der Waals surface area contributed by atoms with Crippen LogP contribution in [-0.2, 0) is 0 Å². The van der Waals surface area contributed by atoms with Gasteiger partial charge in [0.15, 0.2) is 0 Å². The Hall–Kier alpha value is -2.73. The number of nitrogens with zero attached hydrogens (tertiary/aromatic N) is 3. The van der Waals surface area contributed by atoms with Crippen LogP contribution in [0.15, 0.2) is 58.8 Å². The van der Waals surface area contributed by atoms with E-state index < -0.39 is 5.97 Å². The summed E-state index contributed by atoms with van der Waals surface area (Å²) in [5, 5.41) is 25.9. The summed E-state index contributed by atoms with van der Waals surface area (Å²) < 4.78 is 0. The fraction of sp³-hybridized carbons (Fsp3) is 0.188. The molecule has 22 heavy (non-hydrogen) atoms. The molecule has 0 amide bonds.